The molecule has 0 aliphatic carbocycles. The second-order valence-electron chi connectivity index (χ2n) is 6.55. The van der Waals surface area contributed by atoms with Crippen molar-refractivity contribution in [3.63, 3.8) is 0 Å². The molecule has 1 unspecified atom stereocenters. The van der Waals surface area contributed by atoms with Crippen molar-refractivity contribution in [2.75, 3.05) is 20.1 Å². The quantitative estimate of drug-likeness (QED) is 0.735. The van der Waals surface area contributed by atoms with Gasteiger partial charge < -0.3 is 10.2 Å². The Hall–Kier alpha value is -0.860. The zero-order valence-electron chi connectivity index (χ0n) is 13.9. The highest BCUT2D eigenvalue weighted by Crippen LogP contribution is 2.10. The van der Waals surface area contributed by atoms with Gasteiger partial charge in [-0.3, -0.25) is 0 Å². The van der Waals surface area contributed by atoms with Gasteiger partial charge in [-0.25, -0.2) is 0 Å². The first-order valence-electron chi connectivity index (χ1n) is 7.98. The molecule has 0 aliphatic rings. The summed E-state index contributed by atoms with van der Waals surface area (Å²) in [5.74, 6) is 1.48. The smallest absolute Gasteiger partial charge is 0.0230 e. The molecule has 0 amide bonds. The highest BCUT2D eigenvalue weighted by Gasteiger charge is 2.05. The van der Waals surface area contributed by atoms with Crippen LogP contribution in [0.15, 0.2) is 24.3 Å². The number of benzene rings is 1. The third-order valence-electron chi connectivity index (χ3n) is 3.65. The lowest BCUT2D eigenvalue weighted by Crippen LogP contribution is -2.24. The lowest BCUT2D eigenvalue weighted by molar-refractivity contribution is 0.275. The molecule has 0 aromatic heterocycles. The molecule has 0 heterocycles. The highest BCUT2D eigenvalue weighted by molar-refractivity contribution is 5.23. The number of hydrogen-bond acceptors (Lipinski definition) is 2. The minimum absolute atomic E-state index is 0.708. The van der Waals surface area contributed by atoms with Crippen LogP contribution in [-0.4, -0.2) is 25.0 Å². The molecule has 1 aromatic carbocycles. The van der Waals surface area contributed by atoms with Crippen molar-refractivity contribution in [1.29, 1.82) is 0 Å². The van der Waals surface area contributed by atoms with E-state index < -0.39 is 0 Å². The standard InChI is InChI=1S/C18H32N2/c1-6-16(4)13-20(5)14-18-9-7-8-17(10-18)12-19-11-15(2)3/h7-10,15-16,19H,6,11-14H2,1-5H3. The zero-order chi connectivity index (χ0) is 15.0. The molecular weight excluding hydrogens is 244 g/mol. The van der Waals surface area contributed by atoms with Gasteiger partial charge in [0.25, 0.3) is 0 Å². The van der Waals surface area contributed by atoms with Crippen LogP contribution in [0.25, 0.3) is 0 Å². The van der Waals surface area contributed by atoms with E-state index in [4.69, 9.17) is 0 Å². The number of nitrogens with one attached hydrogen (secondary N) is 1. The Balaban J connectivity index is 2.46. The summed E-state index contributed by atoms with van der Waals surface area (Å²) in [6.07, 6.45) is 1.25. The Kier molecular flexibility index (Phi) is 7.86. The van der Waals surface area contributed by atoms with Crippen LogP contribution in [0.1, 0.15) is 45.2 Å². The van der Waals surface area contributed by atoms with Crippen LogP contribution in [0.5, 0.6) is 0 Å². The second kappa shape index (κ2) is 9.15. The summed E-state index contributed by atoms with van der Waals surface area (Å²) in [4.78, 5) is 2.43. The van der Waals surface area contributed by atoms with Gasteiger partial charge in [-0.15, -0.1) is 0 Å². The fraction of sp³-hybridized carbons (Fsp3) is 0.667. The van der Waals surface area contributed by atoms with Crippen molar-refractivity contribution in [3.05, 3.63) is 35.4 Å². The van der Waals surface area contributed by atoms with E-state index in [1.165, 1.54) is 24.1 Å². The molecule has 0 saturated carbocycles. The average Bonchev–Trinajstić information content (AvgIpc) is 2.38. The molecule has 0 bridgehead atoms. The minimum atomic E-state index is 0.708. The lowest BCUT2D eigenvalue weighted by atomic mass is 10.1. The third-order valence-corrected chi connectivity index (χ3v) is 3.65. The van der Waals surface area contributed by atoms with E-state index in [1.807, 2.05) is 0 Å². The average molecular weight is 276 g/mol. The van der Waals surface area contributed by atoms with E-state index in [0.717, 1.165) is 25.6 Å². The summed E-state index contributed by atoms with van der Waals surface area (Å²) in [6, 6.07) is 8.96. The van der Waals surface area contributed by atoms with Crippen LogP contribution >= 0.6 is 0 Å². The maximum atomic E-state index is 3.51. The molecule has 1 atom stereocenters. The SMILES string of the molecule is CCC(C)CN(C)Cc1cccc(CNCC(C)C)c1. The van der Waals surface area contributed by atoms with Crippen LogP contribution in [0.3, 0.4) is 0 Å². The first kappa shape index (κ1) is 17.2. The molecule has 0 radical (unpaired) electrons. The Morgan fingerprint density at radius 3 is 2.50 bits per heavy atom. The summed E-state index contributed by atoms with van der Waals surface area (Å²) in [7, 11) is 2.22. The fourth-order valence-electron chi connectivity index (χ4n) is 2.38. The molecule has 0 fully saturated rings. The van der Waals surface area contributed by atoms with Gasteiger partial charge in [0.2, 0.25) is 0 Å². The molecule has 0 saturated heterocycles. The third kappa shape index (κ3) is 7.06. The molecule has 20 heavy (non-hydrogen) atoms. The predicted molar refractivity (Wildman–Crippen MR) is 88.8 cm³/mol. The Bertz CT molecular complexity index is 373. The summed E-state index contributed by atoms with van der Waals surface area (Å²) in [5, 5.41) is 3.51. The Labute approximate surface area is 125 Å². The van der Waals surface area contributed by atoms with Crippen molar-refractivity contribution in [1.82, 2.24) is 10.2 Å². The topological polar surface area (TPSA) is 15.3 Å². The van der Waals surface area contributed by atoms with Crippen LogP contribution in [0.4, 0.5) is 0 Å². The molecule has 2 nitrogen and oxygen atoms in total. The fourth-order valence-corrected chi connectivity index (χ4v) is 2.38. The molecular formula is C18H32N2. The molecule has 1 rings (SSSR count). The predicted octanol–water partition coefficient (Wildman–Crippen LogP) is 3.91. The molecule has 114 valence electrons. The highest BCUT2D eigenvalue weighted by atomic mass is 15.1. The summed E-state index contributed by atoms with van der Waals surface area (Å²) in [6.45, 7) is 13.3. The number of nitrogens with zero attached hydrogens (tertiary/aromatic N) is 1. The van der Waals surface area contributed by atoms with E-state index in [-0.39, 0.29) is 0 Å². The molecule has 0 aliphatic heterocycles. The number of hydrogen-bond donors (Lipinski definition) is 1. The monoisotopic (exact) mass is 276 g/mol. The maximum Gasteiger partial charge on any atom is 0.0230 e. The lowest BCUT2D eigenvalue weighted by Gasteiger charge is -2.20. The van der Waals surface area contributed by atoms with Crippen molar-refractivity contribution in [2.24, 2.45) is 11.8 Å². The first-order chi connectivity index (χ1) is 9.51. The van der Waals surface area contributed by atoms with Crippen LogP contribution < -0.4 is 5.32 Å². The van der Waals surface area contributed by atoms with Gasteiger partial charge in [-0.2, -0.15) is 0 Å². The van der Waals surface area contributed by atoms with Crippen molar-refractivity contribution in [3.8, 4) is 0 Å². The van der Waals surface area contributed by atoms with Crippen molar-refractivity contribution in [2.45, 2.75) is 47.2 Å². The number of rotatable bonds is 9. The molecule has 1 aromatic rings. The second-order valence-corrected chi connectivity index (χ2v) is 6.55. The van der Waals surface area contributed by atoms with E-state index in [1.54, 1.807) is 0 Å². The van der Waals surface area contributed by atoms with Crippen LogP contribution in [0.2, 0.25) is 0 Å². The van der Waals surface area contributed by atoms with E-state index in [9.17, 15) is 0 Å². The maximum absolute atomic E-state index is 3.51. The van der Waals surface area contributed by atoms with Gasteiger partial charge in [-0.05, 0) is 36.6 Å². The van der Waals surface area contributed by atoms with Gasteiger partial charge in [0.15, 0.2) is 0 Å². The first-order valence-corrected chi connectivity index (χ1v) is 7.98. The van der Waals surface area contributed by atoms with Gasteiger partial charge in [0.1, 0.15) is 0 Å². The minimum Gasteiger partial charge on any atom is -0.312 e. The summed E-state index contributed by atoms with van der Waals surface area (Å²) in [5.41, 5.74) is 2.81. The van der Waals surface area contributed by atoms with Gasteiger partial charge in [0.05, 0.1) is 0 Å². The van der Waals surface area contributed by atoms with E-state index in [0.29, 0.717) is 5.92 Å². The van der Waals surface area contributed by atoms with Crippen molar-refractivity contribution >= 4 is 0 Å². The molecule has 1 N–H and O–H groups in total. The van der Waals surface area contributed by atoms with E-state index >= 15 is 0 Å². The van der Waals surface area contributed by atoms with Gasteiger partial charge in [-0.1, -0.05) is 58.4 Å². The zero-order valence-corrected chi connectivity index (χ0v) is 13.9. The van der Waals surface area contributed by atoms with E-state index in [2.05, 4.69) is 69.2 Å². The summed E-state index contributed by atoms with van der Waals surface area (Å²) >= 11 is 0. The largest absolute Gasteiger partial charge is 0.312 e. The van der Waals surface area contributed by atoms with Crippen LogP contribution in [0, 0.1) is 11.8 Å². The van der Waals surface area contributed by atoms with Gasteiger partial charge >= 0.3 is 0 Å². The normalized spacial score (nSPS) is 13.2. The summed E-state index contributed by atoms with van der Waals surface area (Å²) < 4.78 is 0. The van der Waals surface area contributed by atoms with Gasteiger partial charge in [0, 0.05) is 19.6 Å². The molecule has 0 spiro atoms. The molecule has 2 heteroatoms. The van der Waals surface area contributed by atoms with Crippen molar-refractivity contribution < 1.29 is 0 Å². The Morgan fingerprint density at radius 2 is 1.85 bits per heavy atom. The van der Waals surface area contributed by atoms with Crippen LogP contribution in [-0.2, 0) is 13.1 Å². The Morgan fingerprint density at radius 1 is 1.15 bits per heavy atom.